The molecule has 0 bridgehead atoms. The number of hydrogen-bond acceptors (Lipinski definition) is 3. The van der Waals surface area contributed by atoms with E-state index in [-0.39, 0.29) is 11.6 Å². The first-order valence-corrected chi connectivity index (χ1v) is 6.33. The molecule has 0 amide bonds. The summed E-state index contributed by atoms with van der Waals surface area (Å²) in [6.07, 6.45) is 3.42. The second-order valence-corrected chi connectivity index (χ2v) is 4.74. The lowest BCUT2D eigenvalue weighted by Crippen LogP contribution is -2.14. The molecule has 1 heterocycles. The maximum Gasteiger partial charge on any atom is 0.211 e. The number of Topliss-reactive ketones (excluding diaryl/α,β-unsaturated/α-hetero) is 1. The highest BCUT2D eigenvalue weighted by atomic mass is 16.1. The Morgan fingerprint density at radius 1 is 1.05 bits per heavy atom. The first-order valence-electron chi connectivity index (χ1n) is 6.33. The molecule has 3 rings (SSSR count). The van der Waals surface area contributed by atoms with E-state index in [1.165, 1.54) is 0 Å². The molecule has 1 aliphatic carbocycles. The van der Waals surface area contributed by atoms with Crippen molar-refractivity contribution in [3.05, 3.63) is 65.0 Å². The van der Waals surface area contributed by atoms with E-state index in [0.29, 0.717) is 24.1 Å². The van der Waals surface area contributed by atoms with Gasteiger partial charge in [0, 0.05) is 24.6 Å². The van der Waals surface area contributed by atoms with Crippen LogP contribution in [0.3, 0.4) is 0 Å². The molecule has 1 aliphatic rings. The molecule has 19 heavy (non-hydrogen) atoms. The highest BCUT2D eigenvalue weighted by Crippen LogP contribution is 2.21. The van der Waals surface area contributed by atoms with Gasteiger partial charge < -0.3 is 0 Å². The van der Waals surface area contributed by atoms with Gasteiger partial charge in [-0.2, -0.15) is 0 Å². The molecule has 94 valence electrons. The minimum Gasteiger partial charge on any atom is -0.299 e. The Kier molecular flexibility index (Phi) is 2.95. The molecular formula is C16H13NO2. The van der Waals surface area contributed by atoms with Crippen LogP contribution in [0.15, 0.2) is 42.6 Å². The smallest absolute Gasteiger partial charge is 0.211 e. The minimum absolute atomic E-state index is 0.0692. The Labute approximate surface area is 111 Å². The number of carbonyl (C=O) groups excluding carboxylic acids is 2. The summed E-state index contributed by atoms with van der Waals surface area (Å²) >= 11 is 0. The van der Waals surface area contributed by atoms with Gasteiger partial charge in [-0.05, 0) is 35.7 Å². The lowest BCUT2D eigenvalue weighted by Gasteiger charge is -2.15. The van der Waals surface area contributed by atoms with Crippen LogP contribution in [0.5, 0.6) is 0 Å². The fourth-order valence-corrected chi connectivity index (χ4v) is 2.39. The topological polar surface area (TPSA) is 47.0 Å². The normalized spacial score (nSPS) is 14.0. The number of rotatable bonds is 2. The summed E-state index contributed by atoms with van der Waals surface area (Å²) in [4.78, 5) is 27.7. The van der Waals surface area contributed by atoms with E-state index in [0.717, 1.165) is 17.5 Å². The first-order chi connectivity index (χ1) is 9.24. The summed E-state index contributed by atoms with van der Waals surface area (Å²) in [5.74, 6) is 0.205. The van der Waals surface area contributed by atoms with Gasteiger partial charge in [0.25, 0.3) is 0 Å². The van der Waals surface area contributed by atoms with Gasteiger partial charge in [-0.3, -0.25) is 14.6 Å². The summed E-state index contributed by atoms with van der Waals surface area (Å²) in [5.41, 5.74) is 3.26. The van der Waals surface area contributed by atoms with E-state index in [4.69, 9.17) is 0 Å². The molecule has 0 spiro atoms. The molecule has 1 aromatic heterocycles. The third-order valence-corrected chi connectivity index (χ3v) is 3.43. The quantitative estimate of drug-likeness (QED) is 0.770. The van der Waals surface area contributed by atoms with Crippen LogP contribution in [-0.2, 0) is 17.6 Å². The molecule has 3 nitrogen and oxygen atoms in total. The molecule has 2 aromatic rings. The zero-order chi connectivity index (χ0) is 13.2. The predicted octanol–water partition coefficient (Wildman–Crippen LogP) is 2.37. The van der Waals surface area contributed by atoms with Crippen molar-refractivity contribution in [2.45, 2.75) is 19.3 Å². The van der Waals surface area contributed by atoms with Crippen LogP contribution in [0.2, 0.25) is 0 Å². The molecular weight excluding hydrogens is 238 g/mol. The van der Waals surface area contributed by atoms with Crippen molar-refractivity contribution < 1.29 is 9.59 Å². The summed E-state index contributed by atoms with van der Waals surface area (Å²) in [6.45, 7) is 0. The van der Waals surface area contributed by atoms with Crippen LogP contribution < -0.4 is 0 Å². The van der Waals surface area contributed by atoms with E-state index in [2.05, 4.69) is 4.98 Å². The second kappa shape index (κ2) is 4.76. The SMILES string of the molecule is O=C1CCc2cc(C(=O)c3ccccn3)ccc2C1. The van der Waals surface area contributed by atoms with Crippen molar-refractivity contribution >= 4 is 11.6 Å². The molecule has 0 N–H and O–H groups in total. The molecule has 0 saturated carbocycles. The maximum absolute atomic E-state index is 12.3. The van der Waals surface area contributed by atoms with E-state index < -0.39 is 0 Å². The van der Waals surface area contributed by atoms with Crippen molar-refractivity contribution in [2.24, 2.45) is 0 Å². The summed E-state index contributed by atoms with van der Waals surface area (Å²) in [7, 11) is 0. The van der Waals surface area contributed by atoms with Crippen LogP contribution >= 0.6 is 0 Å². The van der Waals surface area contributed by atoms with E-state index in [9.17, 15) is 9.59 Å². The third kappa shape index (κ3) is 2.32. The van der Waals surface area contributed by atoms with Gasteiger partial charge in [-0.25, -0.2) is 0 Å². The first kappa shape index (κ1) is 11.8. The van der Waals surface area contributed by atoms with Gasteiger partial charge in [0.1, 0.15) is 11.5 Å². The Morgan fingerprint density at radius 3 is 2.74 bits per heavy atom. The minimum atomic E-state index is -0.0692. The van der Waals surface area contributed by atoms with Gasteiger partial charge in [0.2, 0.25) is 5.78 Å². The van der Waals surface area contributed by atoms with Gasteiger partial charge in [-0.15, -0.1) is 0 Å². The predicted molar refractivity (Wildman–Crippen MR) is 71.1 cm³/mol. The fourth-order valence-electron chi connectivity index (χ4n) is 2.39. The van der Waals surface area contributed by atoms with Crippen LogP contribution in [0, 0.1) is 0 Å². The molecule has 1 aromatic carbocycles. The van der Waals surface area contributed by atoms with Gasteiger partial charge >= 0.3 is 0 Å². The number of pyridine rings is 1. The molecule has 0 saturated heterocycles. The van der Waals surface area contributed by atoms with Crippen molar-refractivity contribution in [1.82, 2.24) is 4.98 Å². The van der Waals surface area contributed by atoms with E-state index in [1.807, 2.05) is 12.1 Å². The number of aromatic nitrogens is 1. The molecule has 0 unspecified atom stereocenters. The molecule has 3 heteroatoms. The average Bonchev–Trinajstić information content (AvgIpc) is 2.47. The standard InChI is InChI=1S/C16H13NO2/c18-14-7-6-11-9-13(5-4-12(11)10-14)16(19)15-3-1-2-8-17-15/h1-5,8-9H,6-7,10H2. The Hall–Kier alpha value is -2.29. The Morgan fingerprint density at radius 2 is 1.95 bits per heavy atom. The average molecular weight is 251 g/mol. The summed E-state index contributed by atoms with van der Waals surface area (Å²) in [5, 5.41) is 0. The van der Waals surface area contributed by atoms with Crippen LogP contribution in [0.1, 0.15) is 33.6 Å². The summed E-state index contributed by atoms with van der Waals surface area (Å²) < 4.78 is 0. The Balaban J connectivity index is 1.95. The lowest BCUT2D eigenvalue weighted by molar-refractivity contribution is -0.118. The number of fused-ring (bicyclic) bond motifs is 1. The zero-order valence-electron chi connectivity index (χ0n) is 10.4. The van der Waals surface area contributed by atoms with Crippen LogP contribution in [0.4, 0.5) is 0 Å². The highest BCUT2D eigenvalue weighted by molar-refractivity contribution is 6.07. The van der Waals surface area contributed by atoms with Crippen molar-refractivity contribution in [3.8, 4) is 0 Å². The van der Waals surface area contributed by atoms with Crippen LogP contribution in [-0.4, -0.2) is 16.6 Å². The van der Waals surface area contributed by atoms with Gasteiger partial charge in [0.05, 0.1) is 0 Å². The van der Waals surface area contributed by atoms with Crippen molar-refractivity contribution in [2.75, 3.05) is 0 Å². The van der Waals surface area contributed by atoms with Gasteiger partial charge in [0.15, 0.2) is 0 Å². The Bertz CT molecular complexity index is 647. The number of ketones is 2. The number of hydrogen-bond donors (Lipinski definition) is 0. The number of nitrogens with zero attached hydrogens (tertiary/aromatic N) is 1. The molecule has 0 radical (unpaired) electrons. The molecule has 0 atom stereocenters. The number of carbonyl (C=O) groups is 2. The van der Waals surface area contributed by atoms with Gasteiger partial charge in [-0.1, -0.05) is 18.2 Å². The largest absolute Gasteiger partial charge is 0.299 e. The second-order valence-electron chi connectivity index (χ2n) is 4.74. The highest BCUT2D eigenvalue weighted by Gasteiger charge is 2.18. The zero-order valence-corrected chi connectivity index (χ0v) is 10.4. The maximum atomic E-state index is 12.3. The fraction of sp³-hybridized carbons (Fsp3) is 0.188. The monoisotopic (exact) mass is 251 g/mol. The number of benzene rings is 1. The van der Waals surface area contributed by atoms with Crippen molar-refractivity contribution in [1.29, 1.82) is 0 Å². The van der Waals surface area contributed by atoms with E-state index in [1.54, 1.807) is 30.5 Å². The van der Waals surface area contributed by atoms with Crippen molar-refractivity contribution in [3.63, 3.8) is 0 Å². The summed E-state index contributed by atoms with van der Waals surface area (Å²) in [6, 6.07) is 10.9. The van der Waals surface area contributed by atoms with Crippen LogP contribution in [0.25, 0.3) is 0 Å². The lowest BCUT2D eigenvalue weighted by atomic mass is 9.89. The number of aryl methyl sites for hydroxylation is 1. The third-order valence-electron chi connectivity index (χ3n) is 3.43. The molecule has 0 fully saturated rings. The molecule has 0 aliphatic heterocycles. The van der Waals surface area contributed by atoms with E-state index >= 15 is 0 Å².